The van der Waals surface area contributed by atoms with Gasteiger partial charge in [0, 0.05) is 28.7 Å². The van der Waals surface area contributed by atoms with E-state index in [0.29, 0.717) is 23.4 Å². The molecule has 1 heterocycles. The molecule has 0 saturated heterocycles. The van der Waals surface area contributed by atoms with Gasteiger partial charge in [0.05, 0.1) is 18.7 Å². The fraction of sp³-hybridized carbons (Fsp3) is 0.333. The molecule has 2 N–H and O–H groups in total. The Morgan fingerprint density at radius 3 is 2.63 bits per heavy atom. The number of terminal acetylenes is 1. The molecule has 3 aromatic rings. The highest BCUT2D eigenvalue weighted by atomic mass is 16.5. The fourth-order valence-corrected chi connectivity index (χ4v) is 3.89. The average Bonchev–Trinajstić information content (AvgIpc) is 2.79. The van der Waals surface area contributed by atoms with Crippen LogP contribution in [-0.2, 0) is 0 Å². The number of benzene rings is 2. The normalized spacial score (nSPS) is 18.6. The van der Waals surface area contributed by atoms with E-state index in [1.807, 2.05) is 43.4 Å². The topological polar surface area (TPSA) is 68.3 Å². The molecule has 0 spiro atoms. The number of nitrogens with one attached hydrogen (secondary N) is 2. The van der Waals surface area contributed by atoms with Gasteiger partial charge in [0.25, 0.3) is 0 Å². The summed E-state index contributed by atoms with van der Waals surface area (Å²) in [4.78, 5) is 8.85. The van der Waals surface area contributed by atoms with E-state index >= 15 is 0 Å². The lowest BCUT2D eigenvalue weighted by Crippen LogP contribution is -2.34. The summed E-state index contributed by atoms with van der Waals surface area (Å²) < 4.78 is 11.9. The molecule has 154 valence electrons. The van der Waals surface area contributed by atoms with E-state index in [0.717, 1.165) is 47.8 Å². The predicted octanol–water partition coefficient (Wildman–Crippen LogP) is 4.27. The second kappa shape index (κ2) is 9.02. The van der Waals surface area contributed by atoms with Crippen LogP contribution >= 0.6 is 0 Å². The highest BCUT2D eigenvalue weighted by Gasteiger charge is 2.23. The first-order valence-corrected chi connectivity index (χ1v) is 10.2. The van der Waals surface area contributed by atoms with Crippen molar-refractivity contribution in [2.75, 3.05) is 19.5 Å². The van der Waals surface area contributed by atoms with E-state index < -0.39 is 0 Å². The van der Waals surface area contributed by atoms with E-state index in [4.69, 9.17) is 15.9 Å². The highest BCUT2D eigenvalue weighted by Crippen LogP contribution is 2.36. The van der Waals surface area contributed by atoms with Crippen LogP contribution in [0, 0.1) is 12.3 Å². The van der Waals surface area contributed by atoms with Crippen LogP contribution in [0.3, 0.4) is 0 Å². The molecule has 1 aliphatic rings. The van der Waals surface area contributed by atoms with Crippen molar-refractivity contribution in [3.63, 3.8) is 0 Å². The zero-order valence-electron chi connectivity index (χ0n) is 17.3. The second-order valence-electron chi connectivity index (χ2n) is 7.47. The van der Waals surface area contributed by atoms with Gasteiger partial charge in [0.2, 0.25) is 0 Å². The third-order valence-corrected chi connectivity index (χ3v) is 5.59. The summed E-state index contributed by atoms with van der Waals surface area (Å²) in [6, 6.07) is 12.1. The van der Waals surface area contributed by atoms with E-state index in [1.54, 1.807) is 7.11 Å². The van der Waals surface area contributed by atoms with Crippen molar-refractivity contribution in [1.29, 1.82) is 0 Å². The molecule has 0 radical (unpaired) electrons. The van der Waals surface area contributed by atoms with Gasteiger partial charge in [-0.3, -0.25) is 0 Å². The SMILES string of the molecule is C#Cc1cccc(Nc2ncnc3cc(OC)c(O[C@H]4CC[C@H](NC)CC4)cc23)c1. The summed E-state index contributed by atoms with van der Waals surface area (Å²) in [5.74, 6) is 4.74. The number of fused-ring (bicyclic) bond motifs is 1. The molecule has 30 heavy (non-hydrogen) atoms. The monoisotopic (exact) mass is 402 g/mol. The van der Waals surface area contributed by atoms with Crippen LogP contribution in [-0.4, -0.2) is 36.3 Å². The number of hydrogen-bond acceptors (Lipinski definition) is 6. The highest BCUT2D eigenvalue weighted by molar-refractivity contribution is 5.93. The van der Waals surface area contributed by atoms with Crippen molar-refractivity contribution < 1.29 is 9.47 Å². The summed E-state index contributed by atoms with van der Waals surface area (Å²) in [5.41, 5.74) is 2.46. The number of aromatic nitrogens is 2. The molecule has 6 nitrogen and oxygen atoms in total. The number of ether oxygens (including phenoxy) is 2. The number of methoxy groups -OCH3 is 1. The van der Waals surface area contributed by atoms with Gasteiger partial charge in [0.15, 0.2) is 11.5 Å². The molecule has 1 aliphatic carbocycles. The molecule has 0 atom stereocenters. The molecule has 4 rings (SSSR count). The maximum Gasteiger partial charge on any atom is 0.162 e. The Labute approximate surface area is 177 Å². The Hall–Kier alpha value is -3.30. The molecule has 1 saturated carbocycles. The number of anilines is 2. The molecule has 1 aromatic heterocycles. The summed E-state index contributed by atoms with van der Waals surface area (Å²) in [5, 5.41) is 7.57. The van der Waals surface area contributed by atoms with Gasteiger partial charge in [0.1, 0.15) is 12.1 Å². The maximum atomic E-state index is 6.36. The Balaban J connectivity index is 1.64. The number of rotatable bonds is 6. The molecule has 0 bridgehead atoms. The first-order valence-electron chi connectivity index (χ1n) is 10.2. The van der Waals surface area contributed by atoms with Crippen LogP contribution in [0.25, 0.3) is 10.9 Å². The minimum atomic E-state index is 0.175. The van der Waals surface area contributed by atoms with Crippen LogP contribution in [0.1, 0.15) is 31.2 Å². The Morgan fingerprint density at radius 2 is 1.90 bits per heavy atom. The first kappa shape index (κ1) is 20.0. The molecular weight excluding hydrogens is 376 g/mol. The summed E-state index contributed by atoms with van der Waals surface area (Å²) in [6.07, 6.45) is 11.5. The standard InChI is InChI=1S/C24H26N4O2/c1-4-16-6-5-7-18(12-16)28-24-20-13-23(22(29-3)14-21(20)26-15-27-24)30-19-10-8-17(25-2)9-11-19/h1,5-7,12-15,17,19,25H,8-11H2,2-3H3,(H,26,27,28)/t17-,19-. The first-order chi connectivity index (χ1) is 14.7. The second-order valence-corrected chi connectivity index (χ2v) is 7.47. The largest absolute Gasteiger partial charge is 0.493 e. The van der Waals surface area contributed by atoms with Crippen molar-refractivity contribution in [2.45, 2.75) is 37.8 Å². The minimum absolute atomic E-state index is 0.175. The number of nitrogens with zero attached hydrogens (tertiary/aromatic N) is 2. The van der Waals surface area contributed by atoms with Crippen LogP contribution in [0.15, 0.2) is 42.7 Å². The van der Waals surface area contributed by atoms with Crippen LogP contribution in [0.4, 0.5) is 11.5 Å². The predicted molar refractivity (Wildman–Crippen MR) is 119 cm³/mol. The smallest absolute Gasteiger partial charge is 0.162 e. The Morgan fingerprint density at radius 1 is 1.07 bits per heavy atom. The van der Waals surface area contributed by atoms with Crippen molar-refractivity contribution >= 4 is 22.4 Å². The van der Waals surface area contributed by atoms with E-state index in [2.05, 4.69) is 26.5 Å². The zero-order chi connectivity index (χ0) is 20.9. The molecule has 0 unspecified atom stereocenters. The van der Waals surface area contributed by atoms with Gasteiger partial charge in [-0.15, -0.1) is 6.42 Å². The van der Waals surface area contributed by atoms with Gasteiger partial charge in [-0.05, 0) is 57.0 Å². The van der Waals surface area contributed by atoms with Crippen molar-refractivity contribution in [1.82, 2.24) is 15.3 Å². The van der Waals surface area contributed by atoms with Gasteiger partial charge < -0.3 is 20.1 Å². The zero-order valence-corrected chi connectivity index (χ0v) is 17.3. The molecule has 0 aliphatic heterocycles. The Bertz CT molecular complexity index is 1070. The average molecular weight is 402 g/mol. The van der Waals surface area contributed by atoms with E-state index in [-0.39, 0.29) is 6.10 Å². The third kappa shape index (κ3) is 4.32. The molecule has 6 heteroatoms. The lowest BCUT2D eigenvalue weighted by molar-refractivity contribution is 0.137. The number of hydrogen-bond donors (Lipinski definition) is 2. The minimum Gasteiger partial charge on any atom is -0.493 e. The van der Waals surface area contributed by atoms with Gasteiger partial charge in [-0.1, -0.05) is 12.0 Å². The van der Waals surface area contributed by atoms with Crippen molar-refractivity contribution in [2.24, 2.45) is 0 Å². The van der Waals surface area contributed by atoms with Crippen LogP contribution in [0.2, 0.25) is 0 Å². The molecular formula is C24H26N4O2. The van der Waals surface area contributed by atoms with Crippen molar-refractivity contribution in [3.05, 3.63) is 48.3 Å². The lowest BCUT2D eigenvalue weighted by Gasteiger charge is -2.29. The molecule has 0 amide bonds. The quantitative estimate of drug-likeness (QED) is 0.600. The summed E-state index contributed by atoms with van der Waals surface area (Å²) >= 11 is 0. The summed E-state index contributed by atoms with van der Waals surface area (Å²) in [7, 11) is 3.67. The fourth-order valence-electron chi connectivity index (χ4n) is 3.89. The lowest BCUT2D eigenvalue weighted by atomic mass is 9.93. The maximum absolute atomic E-state index is 6.36. The van der Waals surface area contributed by atoms with Crippen molar-refractivity contribution in [3.8, 4) is 23.8 Å². The van der Waals surface area contributed by atoms with E-state index in [1.165, 1.54) is 6.33 Å². The molecule has 1 fully saturated rings. The molecule has 2 aromatic carbocycles. The van der Waals surface area contributed by atoms with Gasteiger partial charge >= 0.3 is 0 Å². The van der Waals surface area contributed by atoms with Crippen LogP contribution in [0.5, 0.6) is 11.5 Å². The van der Waals surface area contributed by atoms with E-state index in [9.17, 15) is 0 Å². The van der Waals surface area contributed by atoms with Gasteiger partial charge in [-0.2, -0.15) is 0 Å². The van der Waals surface area contributed by atoms with Crippen LogP contribution < -0.4 is 20.1 Å². The Kier molecular flexibility index (Phi) is 6.01. The third-order valence-electron chi connectivity index (χ3n) is 5.59. The summed E-state index contributed by atoms with van der Waals surface area (Å²) in [6.45, 7) is 0. The van der Waals surface area contributed by atoms with Gasteiger partial charge in [-0.25, -0.2) is 9.97 Å².